The highest BCUT2D eigenvalue weighted by molar-refractivity contribution is 5.24. The summed E-state index contributed by atoms with van der Waals surface area (Å²) in [7, 11) is 0. The Labute approximate surface area is 87.6 Å². The van der Waals surface area contributed by atoms with Gasteiger partial charge in [0.1, 0.15) is 0 Å². The van der Waals surface area contributed by atoms with Crippen LogP contribution in [0, 0.1) is 13.8 Å². The van der Waals surface area contributed by atoms with E-state index in [-0.39, 0.29) is 5.41 Å². The second-order valence-corrected chi connectivity index (χ2v) is 4.73. The molecule has 1 aromatic heterocycles. The van der Waals surface area contributed by atoms with Crippen molar-refractivity contribution in [3.63, 3.8) is 0 Å². The van der Waals surface area contributed by atoms with Crippen LogP contribution in [0.25, 0.3) is 0 Å². The van der Waals surface area contributed by atoms with Crippen LogP contribution >= 0.6 is 0 Å². The minimum Gasteiger partial charge on any atom is -0.257 e. The number of pyridine rings is 1. The topological polar surface area (TPSA) is 12.9 Å². The first-order valence-corrected chi connectivity index (χ1v) is 5.42. The normalized spacial score (nSPS) is 11.8. The van der Waals surface area contributed by atoms with Crippen LogP contribution in [0.4, 0.5) is 0 Å². The molecule has 0 fully saturated rings. The van der Waals surface area contributed by atoms with Crippen molar-refractivity contribution in [2.75, 3.05) is 0 Å². The molecule has 0 spiro atoms. The average Bonchev–Trinajstić information content (AvgIpc) is 2.09. The smallest absolute Gasteiger partial charge is 0.0463 e. The van der Waals surface area contributed by atoms with Gasteiger partial charge in [-0.15, -0.1) is 0 Å². The Morgan fingerprint density at radius 1 is 1.21 bits per heavy atom. The molecule has 0 saturated heterocycles. The third-order valence-corrected chi connectivity index (χ3v) is 2.92. The predicted octanol–water partition coefficient (Wildman–Crippen LogP) is 3.78. The van der Waals surface area contributed by atoms with Gasteiger partial charge >= 0.3 is 0 Å². The molecule has 78 valence electrons. The second kappa shape index (κ2) is 4.12. The summed E-state index contributed by atoms with van der Waals surface area (Å²) < 4.78 is 0. The summed E-state index contributed by atoms with van der Waals surface area (Å²) in [6, 6.07) is 4.34. The van der Waals surface area contributed by atoms with E-state index < -0.39 is 0 Å². The fraction of sp³-hybridized carbons (Fsp3) is 0.615. The van der Waals surface area contributed by atoms with Gasteiger partial charge in [0.05, 0.1) is 0 Å². The Morgan fingerprint density at radius 3 is 2.36 bits per heavy atom. The molecular formula is C13H21N. The summed E-state index contributed by atoms with van der Waals surface area (Å²) in [6.07, 6.45) is 2.41. The van der Waals surface area contributed by atoms with E-state index in [4.69, 9.17) is 0 Å². The van der Waals surface area contributed by atoms with Gasteiger partial charge < -0.3 is 0 Å². The molecule has 0 aliphatic carbocycles. The molecular weight excluding hydrogens is 170 g/mol. The number of nitrogens with zero attached hydrogens (tertiary/aromatic N) is 1. The summed E-state index contributed by atoms with van der Waals surface area (Å²) in [4.78, 5) is 4.66. The van der Waals surface area contributed by atoms with Gasteiger partial charge in [0.2, 0.25) is 0 Å². The maximum Gasteiger partial charge on any atom is 0.0463 e. The summed E-state index contributed by atoms with van der Waals surface area (Å²) >= 11 is 0. The summed E-state index contributed by atoms with van der Waals surface area (Å²) in [6.45, 7) is 11.0. The van der Waals surface area contributed by atoms with Crippen LogP contribution in [-0.4, -0.2) is 4.98 Å². The van der Waals surface area contributed by atoms with Crippen molar-refractivity contribution in [1.82, 2.24) is 4.98 Å². The Hall–Kier alpha value is -0.850. The highest BCUT2D eigenvalue weighted by Crippen LogP contribution is 2.27. The Balaban J connectivity index is 3.01. The lowest BCUT2D eigenvalue weighted by Gasteiger charge is -2.24. The van der Waals surface area contributed by atoms with E-state index in [1.54, 1.807) is 0 Å². The molecule has 0 aliphatic heterocycles. The van der Waals surface area contributed by atoms with E-state index in [9.17, 15) is 0 Å². The highest BCUT2D eigenvalue weighted by atomic mass is 14.7. The van der Waals surface area contributed by atoms with Crippen molar-refractivity contribution in [3.05, 3.63) is 29.1 Å². The van der Waals surface area contributed by atoms with E-state index >= 15 is 0 Å². The zero-order valence-corrected chi connectivity index (χ0v) is 10.0. The quantitative estimate of drug-likeness (QED) is 0.708. The zero-order valence-electron chi connectivity index (χ0n) is 10.0. The molecule has 1 heteroatoms. The maximum atomic E-state index is 4.66. The number of aryl methyl sites for hydroxylation is 2. The van der Waals surface area contributed by atoms with Crippen molar-refractivity contribution in [2.24, 2.45) is 0 Å². The van der Waals surface area contributed by atoms with Gasteiger partial charge in [-0.2, -0.15) is 0 Å². The van der Waals surface area contributed by atoms with Crippen molar-refractivity contribution in [3.8, 4) is 0 Å². The fourth-order valence-electron chi connectivity index (χ4n) is 1.76. The third-order valence-electron chi connectivity index (χ3n) is 2.92. The second-order valence-electron chi connectivity index (χ2n) is 4.73. The van der Waals surface area contributed by atoms with Gasteiger partial charge in [-0.3, -0.25) is 4.98 Å². The zero-order chi connectivity index (χ0) is 10.8. The molecule has 1 rings (SSSR count). The predicted molar refractivity (Wildman–Crippen MR) is 61.6 cm³/mol. The van der Waals surface area contributed by atoms with Crippen molar-refractivity contribution >= 4 is 0 Å². The molecule has 0 saturated carbocycles. The molecule has 0 atom stereocenters. The first kappa shape index (κ1) is 11.2. The third kappa shape index (κ3) is 2.34. The summed E-state index contributed by atoms with van der Waals surface area (Å²) in [5, 5.41) is 0. The van der Waals surface area contributed by atoms with E-state index in [0.717, 1.165) is 5.69 Å². The van der Waals surface area contributed by atoms with Crippen LogP contribution in [0.15, 0.2) is 12.1 Å². The minimum atomic E-state index is 0.215. The lowest BCUT2D eigenvalue weighted by molar-refractivity contribution is 0.458. The largest absolute Gasteiger partial charge is 0.257 e. The fourth-order valence-corrected chi connectivity index (χ4v) is 1.76. The number of hydrogen-bond donors (Lipinski definition) is 0. The monoisotopic (exact) mass is 191 g/mol. The van der Waals surface area contributed by atoms with Gasteiger partial charge in [-0.1, -0.05) is 33.3 Å². The van der Waals surface area contributed by atoms with Crippen molar-refractivity contribution in [2.45, 2.75) is 52.9 Å². The Bertz CT molecular complexity index is 313. The molecule has 0 aliphatic rings. The first-order chi connectivity index (χ1) is 6.47. The van der Waals surface area contributed by atoms with Crippen molar-refractivity contribution < 1.29 is 0 Å². The van der Waals surface area contributed by atoms with Gasteiger partial charge in [-0.05, 0) is 31.9 Å². The number of hydrogen-bond acceptors (Lipinski definition) is 1. The Morgan fingerprint density at radius 2 is 1.86 bits per heavy atom. The molecule has 14 heavy (non-hydrogen) atoms. The lowest BCUT2D eigenvalue weighted by Crippen LogP contribution is -2.19. The molecule has 0 amide bonds. The number of rotatable bonds is 3. The van der Waals surface area contributed by atoms with E-state index in [1.807, 2.05) is 0 Å². The van der Waals surface area contributed by atoms with Gasteiger partial charge in [0.15, 0.2) is 0 Å². The maximum absolute atomic E-state index is 4.66. The highest BCUT2D eigenvalue weighted by Gasteiger charge is 2.20. The van der Waals surface area contributed by atoms with Crippen LogP contribution in [0.1, 0.15) is 50.6 Å². The average molecular weight is 191 g/mol. The van der Waals surface area contributed by atoms with Crippen LogP contribution in [0.5, 0.6) is 0 Å². The van der Waals surface area contributed by atoms with Gasteiger partial charge in [-0.25, -0.2) is 0 Å². The van der Waals surface area contributed by atoms with Crippen LogP contribution in [0.2, 0.25) is 0 Å². The molecule has 0 aromatic carbocycles. The van der Waals surface area contributed by atoms with Crippen LogP contribution in [0.3, 0.4) is 0 Å². The van der Waals surface area contributed by atoms with E-state index in [0.29, 0.717) is 0 Å². The van der Waals surface area contributed by atoms with Crippen LogP contribution < -0.4 is 0 Å². The first-order valence-electron chi connectivity index (χ1n) is 5.42. The van der Waals surface area contributed by atoms with E-state index in [2.05, 4.69) is 51.7 Å². The molecule has 0 unspecified atom stereocenters. The summed E-state index contributed by atoms with van der Waals surface area (Å²) in [5.74, 6) is 0. The van der Waals surface area contributed by atoms with Gasteiger partial charge in [0, 0.05) is 16.8 Å². The summed E-state index contributed by atoms with van der Waals surface area (Å²) in [5.41, 5.74) is 3.88. The lowest BCUT2D eigenvalue weighted by atomic mass is 9.84. The van der Waals surface area contributed by atoms with Crippen molar-refractivity contribution in [1.29, 1.82) is 0 Å². The molecule has 1 nitrogen and oxygen atoms in total. The van der Waals surface area contributed by atoms with E-state index in [1.165, 1.54) is 24.1 Å². The van der Waals surface area contributed by atoms with Crippen LogP contribution in [-0.2, 0) is 5.41 Å². The standard InChI is InChI=1S/C13H21N/c1-6-9-13(4,5)12-8-7-10(2)11(3)14-12/h7-8H,6,9H2,1-5H3. The molecule has 1 aromatic rings. The number of aromatic nitrogens is 1. The minimum absolute atomic E-state index is 0.215. The Kier molecular flexibility index (Phi) is 3.30. The SMILES string of the molecule is CCCC(C)(C)c1ccc(C)c(C)n1. The molecule has 1 heterocycles. The van der Waals surface area contributed by atoms with Gasteiger partial charge in [0.25, 0.3) is 0 Å². The molecule has 0 bridgehead atoms. The molecule has 0 N–H and O–H groups in total. The molecule has 0 radical (unpaired) electrons.